The quantitative estimate of drug-likeness (QED) is 0.631. The molecule has 0 aliphatic heterocycles. The van der Waals surface area contributed by atoms with Crippen molar-refractivity contribution in [2.24, 2.45) is 5.41 Å². The van der Waals surface area contributed by atoms with Gasteiger partial charge in [0.15, 0.2) is 5.67 Å². The van der Waals surface area contributed by atoms with E-state index in [4.69, 9.17) is 0 Å². The lowest BCUT2D eigenvalue weighted by molar-refractivity contribution is -0.0660. The normalized spacial score (nSPS) is 21.4. The van der Waals surface area contributed by atoms with Crippen LogP contribution in [-0.4, -0.2) is 6.67 Å². The zero-order valence-electron chi connectivity index (χ0n) is 12.7. The summed E-state index contributed by atoms with van der Waals surface area (Å²) in [5.74, 6) is 0. The highest BCUT2D eigenvalue weighted by Gasteiger charge is 2.52. The molecule has 1 unspecified atom stereocenters. The van der Waals surface area contributed by atoms with E-state index in [0.29, 0.717) is 5.56 Å². The molecule has 2 heteroatoms. The van der Waals surface area contributed by atoms with Gasteiger partial charge in [-0.05, 0) is 31.7 Å². The Labute approximate surface area is 121 Å². The summed E-state index contributed by atoms with van der Waals surface area (Å²) in [5, 5.41) is 0. The van der Waals surface area contributed by atoms with Gasteiger partial charge in [-0.15, -0.1) is 0 Å². The Morgan fingerprint density at radius 1 is 1.10 bits per heavy atom. The molecule has 1 aliphatic rings. The molecule has 1 atom stereocenters. The average molecular weight is 280 g/mol. The molecule has 0 radical (unpaired) electrons. The van der Waals surface area contributed by atoms with Crippen LogP contribution in [0.15, 0.2) is 24.3 Å². The fourth-order valence-electron chi connectivity index (χ4n) is 3.89. The monoisotopic (exact) mass is 280 g/mol. The van der Waals surface area contributed by atoms with E-state index in [2.05, 4.69) is 6.92 Å². The number of benzene rings is 1. The molecule has 1 saturated carbocycles. The van der Waals surface area contributed by atoms with Crippen LogP contribution in [-0.2, 0) is 5.67 Å². The molecule has 0 aromatic heterocycles. The van der Waals surface area contributed by atoms with Crippen LogP contribution in [0.25, 0.3) is 0 Å². The molecule has 1 aromatic rings. The lowest BCUT2D eigenvalue weighted by Crippen LogP contribution is -2.45. The zero-order chi connectivity index (χ0) is 14.6. The maximum absolute atomic E-state index is 15.7. The molecule has 1 aromatic carbocycles. The van der Waals surface area contributed by atoms with Gasteiger partial charge in [-0.1, -0.05) is 62.4 Å². The molecule has 0 heterocycles. The van der Waals surface area contributed by atoms with Crippen molar-refractivity contribution in [2.45, 2.75) is 64.5 Å². The predicted octanol–water partition coefficient (Wildman–Crippen LogP) is 5.88. The fourth-order valence-corrected chi connectivity index (χ4v) is 3.89. The number of rotatable bonds is 5. The average Bonchev–Trinajstić information content (AvgIpc) is 2.48. The summed E-state index contributed by atoms with van der Waals surface area (Å²) in [7, 11) is 0. The summed E-state index contributed by atoms with van der Waals surface area (Å²) >= 11 is 0. The second-order valence-corrected chi connectivity index (χ2v) is 6.39. The minimum atomic E-state index is -1.82. The van der Waals surface area contributed by atoms with E-state index in [0.717, 1.165) is 50.5 Å². The van der Waals surface area contributed by atoms with Crippen LogP contribution < -0.4 is 0 Å². The minimum Gasteiger partial charge on any atom is -0.247 e. The van der Waals surface area contributed by atoms with Gasteiger partial charge in [0.25, 0.3) is 0 Å². The molecule has 0 spiro atoms. The van der Waals surface area contributed by atoms with Gasteiger partial charge in [-0.2, -0.15) is 0 Å². The largest absolute Gasteiger partial charge is 0.247 e. The molecule has 0 N–H and O–H groups in total. The third kappa shape index (κ3) is 2.62. The smallest absolute Gasteiger partial charge is 0.169 e. The first-order valence-corrected chi connectivity index (χ1v) is 7.90. The van der Waals surface area contributed by atoms with Gasteiger partial charge in [0.2, 0.25) is 0 Å². The van der Waals surface area contributed by atoms with Gasteiger partial charge >= 0.3 is 0 Å². The van der Waals surface area contributed by atoms with Crippen molar-refractivity contribution >= 4 is 0 Å². The lowest BCUT2D eigenvalue weighted by atomic mass is 9.60. The van der Waals surface area contributed by atoms with Crippen LogP contribution in [0.2, 0.25) is 0 Å². The van der Waals surface area contributed by atoms with Crippen LogP contribution in [0.3, 0.4) is 0 Å². The van der Waals surface area contributed by atoms with Crippen molar-refractivity contribution in [1.29, 1.82) is 0 Å². The van der Waals surface area contributed by atoms with Gasteiger partial charge in [0.05, 0.1) is 0 Å². The minimum absolute atomic E-state index is 0.510. The van der Waals surface area contributed by atoms with Crippen LogP contribution in [0.1, 0.15) is 63.0 Å². The molecule has 0 nitrogen and oxygen atoms in total. The first-order valence-electron chi connectivity index (χ1n) is 7.90. The molecule has 112 valence electrons. The highest BCUT2D eigenvalue weighted by molar-refractivity contribution is 5.29. The second kappa shape index (κ2) is 6.24. The van der Waals surface area contributed by atoms with E-state index in [9.17, 15) is 4.39 Å². The van der Waals surface area contributed by atoms with Crippen molar-refractivity contribution in [2.75, 3.05) is 6.67 Å². The molecule has 0 bridgehead atoms. The number of halogens is 2. The van der Waals surface area contributed by atoms with E-state index in [1.165, 1.54) is 0 Å². The third-order valence-corrected chi connectivity index (χ3v) is 5.07. The molecule has 0 amide bonds. The standard InChI is InChI=1S/C18H26F2/c1-3-11-17(12-5-4-6-13-17)18(20,14-19)16-9-7-15(2)8-10-16/h7-10H,3-6,11-14H2,1-2H3. The molecule has 1 fully saturated rings. The summed E-state index contributed by atoms with van der Waals surface area (Å²) in [6, 6.07) is 7.34. The van der Waals surface area contributed by atoms with Crippen LogP contribution in [0.4, 0.5) is 8.78 Å². The van der Waals surface area contributed by atoms with E-state index >= 15 is 4.39 Å². The highest BCUT2D eigenvalue weighted by Crippen LogP contribution is 2.55. The summed E-state index contributed by atoms with van der Waals surface area (Å²) < 4.78 is 29.5. The van der Waals surface area contributed by atoms with E-state index in [1.54, 1.807) is 12.1 Å². The summed E-state index contributed by atoms with van der Waals surface area (Å²) in [6.07, 6.45) is 6.53. The van der Waals surface area contributed by atoms with Crippen molar-refractivity contribution in [3.8, 4) is 0 Å². The molecule has 0 saturated heterocycles. The first-order chi connectivity index (χ1) is 9.58. The number of aryl methyl sites for hydroxylation is 1. The highest BCUT2D eigenvalue weighted by atomic mass is 19.2. The van der Waals surface area contributed by atoms with Crippen molar-refractivity contribution < 1.29 is 8.78 Å². The van der Waals surface area contributed by atoms with Crippen LogP contribution >= 0.6 is 0 Å². The fraction of sp³-hybridized carbons (Fsp3) is 0.667. The predicted molar refractivity (Wildman–Crippen MR) is 80.4 cm³/mol. The zero-order valence-corrected chi connectivity index (χ0v) is 12.7. The van der Waals surface area contributed by atoms with Crippen molar-refractivity contribution in [3.63, 3.8) is 0 Å². The third-order valence-electron chi connectivity index (χ3n) is 5.07. The maximum Gasteiger partial charge on any atom is 0.169 e. The van der Waals surface area contributed by atoms with Gasteiger partial charge in [-0.3, -0.25) is 0 Å². The Morgan fingerprint density at radius 3 is 2.20 bits per heavy atom. The summed E-state index contributed by atoms with van der Waals surface area (Å²) in [4.78, 5) is 0. The lowest BCUT2D eigenvalue weighted by Gasteiger charge is -2.47. The Hall–Kier alpha value is -0.920. The van der Waals surface area contributed by atoms with Crippen molar-refractivity contribution in [3.05, 3.63) is 35.4 Å². The number of hydrogen-bond acceptors (Lipinski definition) is 0. The van der Waals surface area contributed by atoms with Gasteiger partial charge in [0, 0.05) is 5.41 Å². The topological polar surface area (TPSA) is 0 Å². The van der Waals surface area contributed by atoms with Crippen molar-refractivity contribution in [1.82, 2.24) is 0 Å². The summed E-state index contributed by atoms with van der Waals surface area (Å²) in [6.45, 7) is 3.14. The molecular formula is C18H26F2. The van der Waals surface area contributed by atoms with E-state index in [-0.39, 0.29) is 0 Å². The van der Waals surface area contributed by atoms with Gasteiger partial charge in [-0.25, -0.2) is 8.78 Å². The summed E-state index contributed by atoms with van der Waals surface area (Å²) in [5.41, 5.74) is -0.717. The Bertz CT molecular complexity index is 412. The van der Waals surface area contributed by atoms with Gasteiger partial charge < -0.3 is 0 Å². The van der Waals surface area contributed by atoms with Crippen LogP contribution in [0.5, 0.6) is 0 Å². The molecule has 20 heavy (non-hydrogen) atoms. The number of alkyl halides is 2. The number of hydrogen-bond donors (Lipinski definition) is 0. The van der Waals surface area contributed by atoms with E-state index < -0.39 is 17.8 Å². The van der Waals surface area contributed by atoms with Crippen LogP contribution in [0, 0.1) is 12.3 Å². The Balaban J connectivity index is 2.42. The molecular weight excluding hydrogens is 254 g/mol. The van der Waals surface area contributed by atoms with Gasteiger partial charge in [0.1, 0.15) is 6.67 Å². The first kappa shape index (κ1) is 15.5. The van der Waals surface area contributed by atoms with E-state index in [1.807, 2.05) is 19.1 Å². The molecule has 1 aliphatic carbocycles. The second-order valence-electron chi connectivity index (χ2n) is 6.39. The Morgan fingerprint density at radius 2 is 1.70 bits per heavy atom. The molecule has 2 rings (SSSR count). The maximum atomic E-state index is 15.7. The Kier molecular flexibility index (Phi) is 4.82. The SMILES string of the molecule is CCCC1(C(F)(CF)c2ccc(C)cc2)CCCCC1.